The first-order valence-electron chi connectivity index (χ1n) is 7.25. The molecule has 1 heterocycles. The second-order valence-corrected chi connectivity index (χ2v) is 6.10. The second kappa shape index (κ2) is 9.50. The van der Waals surface area contributed by atoms with Gasteiger partial charge in [0.25, 0.3) is 5.91 Å². The maximum absolute atomic E-state index is 11.8. The Morgan fingerprint density at radius 3 is 2.61 bits per heavy atom. The Kier molecular flexibility index (Phi) is 8.02. The fourth-order valence-electron chi connectivity index (χ4n) is 1.88. The number of hydrogen-bond acceptors (Lipinski definition) is 5. The molecule has 0 aliphatic heterocycles. The van der Waals surface area contributed by atoms with Gasteiger partial charge in [-0.25, -0.2) is 4.98 Å². The number of benzene rings is 1. The summed E-state index contributed by atoms with van der Waals surface area (Å²) >= 11 is 1.39. The Morgan fingerprint density at radius 2 is 2.04 bits per heavy atom. The van der Waals surface area contributed by atoms with Crippen LogP contribution in [0.3, 0.4) is 0 Å². The van der Waals surface area contributed by atoms with Crippen molar-refractivity contribution in [2.45, 2.75) is 26.3 Å². The molecule has 0 bridgehead atoms. The van der Waals surface area contributed by atoms with Gasteiger partial charge in [0.05, 0.1) is 6.54 Å². The monoisotopic (exact) mass is 355 g/mol. The Hall–Kier alpha value is -1.63. The number of nitrogens with zero attached hydrogens (tertiary/aromatic N) is 1. The number of thiazole rings is 1. The molecule has 0 aliphatic rings. The molecule has 1 aromatic heterocycles. The van der Waals surface area contributed by atoms with Gasteiger partial charge in [0.1, 0.15) is 23.1 Å². The molecule has 0 saturated heterocycles. The first-order chi connectivity index (χ1) is 10.6. The second-order valence-electron chi connectivity index (χ2n) is 5.16. The molecular weight excluding hydrogens is 334 g/mol. The molecule has 0 unspecified atom stereocenters. The number of amides is 1. The normalized spacial score (nSPS) is 10.3. The van der Waals surface area contributed by atoms with Crippen LogP contribution in [0.5, 0.6) is 5.75 Å². The van der Waals surface area contributed by atoms with Gasteiger partial charge in [0.15, 0.2) is 0 Å². The molecule has 126 valence electrons. The molecule has 0 radical (unpaired) electrons. The van der Waals surface area contributed by atoms with E-state index in [-0.39, 0.29) is 18.3 Å². The van der Waals surface area contributed by atoms with Crippen LogP contribution in [-0.4, -0.2) is 24.0 Å². The summed E-state index contributed by atoms with van der Waals surface area (Å²) in [7, 11) is 0. The molecule has 1 amide bonds. The predicted molar refractivity (Wildman–Crippen MR) is 95.6 cm³/mol. The lowest BCUT2D eigenvalue weighted by Crippen LogP contribution is -2.28. The molecule has 0 atom stereocenters. The highest BCUT2D eigenvalue weighted by Crippen LogP contribution is 2.18. The van der Waals surface area contributed by atoms with Crippen molar-refractivity contribution in [1.82, 2.24) is 10.3 Å². The molecule has 0 spiro atoms. The Morgan fingerprint density at radius 1 is 1.35 bits per heavy atom. The Bertz CT molecular complexity index is 614. The van der Waals surface area contributed by atoms with E-state index in [1.165, 1.54) is 16.9 Å². The van der Waals surface area contributed by atoms with Crippen LogP contribution in [-0.2, 0) is 6.54 Å². The predicted octanol–water partition coefficient (Wildman–Crippen LogP) is 2.96. The SMILES string of the molecule is CC(C)c1ccc(OCCNC(=O)c2csc(CN)n2)cc1.Cl. The molecule has 1 aromatic carbocycles. The topological polar surface area (TPSA) is 77.2 Å². The van der Waals surface area contributed by atoms with E-state index in [9.17, 15) is 4.79 Å². The van der Waals surface area contributed by atoms with Gasteiger partial charge in [-0.2, -0.15) is 0 Å². The van der Waals surface area contributed by atoms with Crippen molar-refractivity contribution < 1.29 is 9.53 Å². The molecule has 23 heavy (non-hydrogen) atoms. The molecular formula is C16H22ClN3O2S. The van der Waals surface area contributed by atoms with Gasteiger partial charge in [0.2, 0.25) is 0 Å². The van der Waals surface area contributed by atoms with Gasteiger partial charge in [-0.05, 0) is 23.6 Å². The number of rotatable bonds is 7. The van der Waals surface area contributed by atoms with E-state index < -0.39 is 0 Å². The number of ether oxygens (including phenoxy) is 1. The quantitative estimate of drug-likeness (QED) is 0.748. The van der Waals surface area contributed by atoms with E-state index in [4.69, 9.17) is 10.5 Å². The number of halogens is 1. The number of carbonyl (C=O) groups is 1. The highest BCUT2D eigenvalue weighted by Gasteiger charge is 2.09. The van der Waals surface area contributed by atoms with Crippen molar-refractivity contribution in [2.24, 2.45) is 5.73 Å². The largest absolute Gasteiger partial charge is 0.492 e. The maximum atomic E-state index is 11.8. The lowest BCUT2D eigenvalue weighted by molar-refractivity contribution is 0.0942. The lowest BCUT2D eigenvalue weighted by atomic mass is 10.0. The highest BCUT2D eigenvalue weighted by molar-refractivity contribution is 7.09. The standard InChI is InChI=1S/C16H21N3O2S.ClH/c1-11(2)12-3-5-13(6-4-12)21-8-7-18-16(20)14-10-22-15(9-17)19-14;/h3-6,10-11H,7-9,17H2,1-2H3,(H,18,20);1H. The van der Waals surface area contributed by atoms with E-state index >= 15 is 0 Å². The minimum absolute atomic E-state index is 0. The zero-order chi connectivity index (χ0) is 15.9. The van der Waals surface area contributed by atoms with E-state index in [2.05, 4.69) is 36.3 Å². The average Bonchev–Trinajstić information content (AvgIpc) is 3.01. The number of carbonyl (C=O) groups excluding carboxylic acids is 1. The smallest absolute Gasteiger partial charge is 0.270 e. The third kappa shape index (κ3) is 5.82. The molecule has 5 nitrogen and oxygen atoms in total. The van der Waals surface area contributed by atoms with Crippen molar-refractivity contribution in [3.63, 3.8) is 0 Å². The third-order valence-corrected chi connectivity index (χ3v) is 4.03. The zero-order valence-corrected chi connectivity index (χ0v) is 14.9. The van der Waals surface area contributed by atoms with E-state index in [0.717, 1.165) is 10.8 Å². The minimum Gasteiger partial charge on any atom is -0.492 e. The molecule has 0 fully saturated rings. The van der Waals surface area contributed by atoms with Gasteiger partial charge < -0.3 is 15.8 Å². The highest BCUT2D eigenvalue weighted by atomic mass is 35.5. The van der Waals surface area contributed by atoms with Crippen LogP contribution in [0.2, 0.25) is 0 Å². The molecule has 0 aliphatic carbocycles. The van der Waals surface area contributed by atoms with Gasteiger partial charge in [-0.3, -0.25) is 4.79 Å². The first kappa shape index (κ1) is 19.4. The van der Waals surface area contributed by atoms with Gasteiger partial charge in [-0.1, -0.05) is 26.0 Å². The van der Waals surface area contributed by atoms with Crippen molar-refractivity contribution in [2.75, 3.05) is 13.2 Å². The molecule has 2 aromatic rings. The molecule has 7 heteroatoms. The average molecular weight is 356 g/mol. The first-order valence-corrected chi connectivity index (χ1v) is 8.13. The van der Waals surface area contributed by atoms with Gasteiger partial charge in [-0.15, -0.1) is 23.7 Å². The molecule has 2 rings (SSSR count). The number of aromatic nitrogens is 1. The van der Waals surface area contributed by atoms with E-state index in [1.54, 1.807) is 5.38 Å². The van der Waals surface area contributed by atoms with Crippen molar-refractivity contribution >= 4 is 29.7 Å². The van der Waals surface area contributed by atoms with E-state index in [1.807, 2.05) is 12.1 Å². The zero-order valence-electron chi connectivity index (χ0n) is 13.2. The van der Waals surface area contributed by atoms with Crippen LogP contribution in [0.25, 0.3) is 0 Å². The maximum Gasteiger partial charge on any atom is 0.270 e. The fraction of sp³-hybridized carbons (Fsp3) is 0.375. The lowest BCUT2D eigenvalue weighted by Gasteiger charge is -2.09. The van der Waals surface area contributed by atoms with Crippen molar-refractivity contribution in [3.05, 3.63) is 45.9 Å². The number of nitrogens with two attached hydrogens (primary N) is 1. The summed E-state index contributed by atoms with van der Waals surface area (Å²) in [5.41, 5.74) is 7.16. The third-order valence-electron chi connectivity index (χ3n) is 3.16. The van der Waals surface area contributed by atoms with Gasteiger partial charge >= 0.3 is 0 Å². The summed E-state index contributed by atoms with van der Waals surface area (Å²) in [5, 5.41) is 5.24. The van der Waals surface area contributed by atoms with Crippen molar-refractivity contribution in [3.8, 4) is 5.75 Å². The van der Waals surface area contributed by atoms with Crippen LogP contribution < -0.4 is 15.8 Å². The van der Waals surface area contributed by atoms with Crippen LogP contribution in [0.15, 0.2) is 29.6 Å². The summed E-state index contributed by atoms with van der Waals surface area (Å²) in [4.78, 5) is 16.0. The summed E-state index contributed by atoms with van der Waals surface area (Å²) in [6.45, 7) is 5.51. The van der Waals surface area contributed by atoms with Crippen LogP contribution in [0, 0.1) is 0 Å². The number of hydrogen-bond donors (Lipinski definition) is 2. The van der Waals surface area contributed by atoms with Crippen molar-refractivity contribution in [1.29, 1.82) is 0 Å². The van der Waals surface area contributed by atoms with E-state index in [0.29, 0.717) is 31.3 Å². The summed E-state index contributed by atoms with van der Waals surface area (Å²) in [5.74, 6) is 1.11. The summed E-state index contributed by atoms with van der Waals surface area (Å²) in [6.07, 6.45) is 0. The Balaban J connectivity index is 0.00000264. The summed E-state index contributed by atoms with van der Waals surface area (Å²) < 4.78 is 5.60. The van der Waals surface area contributed by atoms with Crippen LogP contribution >= 0.6 is 23.7 Å². The van der Waals surface area contributed by atoms with Crippen LogP contribution in [0.1, 0.15) is 40.8 Å². The van der Waals surface area contributed by atoms with Crippen LogP contribution in [0.4, 0.5) is 0 Å². The summed E-state index contributed by atoms with van der Waals surface area (Å²) in [6, 6.07) is 8.01. The molecule has 0 saturated carbocycles. The fourth-order valence-corrected chi connectivity index (χ4v) is 2.54. The Labute approximate surface area is 146 Å². The molecule has 3 N–H and O–H groups in total. The minimum atomic E-state index is -0.199. The number of nitrogens with one attached hydrogen (secondary N) is 1. The van der Waals surface area contributed by atoms with Gasteiger partial charge in [0, 0.05) is 11.9 Å².